The maximum absolute atomic E-state index is 13.3. The van der Waals surface area contributed by atoms with Crippen LogP contribution in [0.4, 0.5) is 8.78 Å². The Morgan fingerprint density at radius 3 is 2.40 bits per heavy atom. The molecular formula is C12H14F2O. The number of halogens is 2. The second kappa shape index (κ2) is 4.27. The van der Waals surface area contributed by atoms with E-state index in [0.717, 1.165) is 12.8 Å². The van der Waals surface area contributed by atoms with Crippen LogP contribution in [0, 0.1) is 17.6 Å². The van der Waals surface area contributed by atoms with Crippen molar-refractivity contribution in [3.05, 3.63) is 35.4 Å². The monoisotopic (exact) mass is 212 g/mol. The fourth-order valence-corrected chi connectivity index (χ4v) is 2.25. The van der Waals surface area contributed by atoms with Crippen LogP contribution in [0.5, 0.6) is 0 Å². The minimum absolute atomic E-state index is 0.164. The van der Waals surface area contributed by atoms with Gasteiger partial charge >= 0.3 is 0 Å². The summed E-state index contributed by atoms with van der Waals surface area (Å²) in [5.74, 6) is -0.737. The average Bonchev–Trinajstić information content (AvgIpc) is 2.58. The van der Waals surface area contributed by atoms with Gasteiger partial charge in [0.1, 0.15) is 11.6 Å². The molecule has 2 unspecified atom stereocenters. The number of hydrogen-bond donors (Lipinski definition) is 1. The van der Waals surface area contributed by atoms with Crippen molar-refractivity contribution in [1.82, 2.24) is 0 Å². The summed E-state index contributed by atoms with van der Waals surface area (Å²) in [5, 5.41) is 9.33. The smallest absolute Gasteiger partial charge is 0.129 e. The lowest BCUT2D eigenvalue weighted by atomic mass is 9.97. The quantitative estimate of drug-likeness (QED) is 0.799. The Hall–Kier alpha value is -0.960. The van der Waals surface area contributed by atoms with Gasteiger partial charge in [-0.25, -0.2) is 8.78 Å². The van der Waals surface area contributed by atoms with Crippen LogP contribution in [-0.2, 0) is 6.42 Å². The van der Waals surface area contributed by atoms with Crippen LogP contribution in [0.25, 0.3) is 0 Å². The first-order valence-corrected chi connectivity index (χ1v) is 5.27. The van der Waals surface area contributed by atoms with Crippen molar-refractivity contribution >= 4 is 0 Å². The molecule has 15 heavy (non-hydrogen) atoms. The van der Waals surface area contributed by atoms with E-state index in [1.54, 1.807) is 0 Å². The fourth-order valence-electron chi connectivity index (χ4n) is 2.25. The molecule has 1 aromatic carbocycles. The van der Waals surface area contributed by atoms with Crippen molar-refractivity contribution in [1.29, 1.82) is 0 Å². The molecule has 0 saturated heterocycles. The average molecular weight is 212 g/mol. The molecule has 0 bridgehead atoms. The lowest BCUT2D eigenvalue weighted by molar-refractivity contribution is 0.177. The summed E-state index contributed by atoms with van der Waals surface area (Å²) < 4.78 is 26.6. The lowest BCUT2D eigenvalue weighted by Gasteiger charge is -2.10. The summed E-state index contributed by atoms with van der Waals surface area (Å²) in [5.41, 5.74) is 0.164. The van der Waals surface area contributed by atoms with E-state index < -0.39 is 11.6 Å². The first kappa shape index (κ1) is 10.6. The van der Waals surface area contributed by atoms with Crippen LogP contribution >= 0.6 is 0 Å². The SMILES string of the molecule is OC1CCC(Cc2c(F)cccc2F)C1. The van der Waals surface area contributed by atoms with Gasteiger partial charge in [-0.2, -0.15) is 0 Å². The molecule has 1 saturated carbocycles. The van der Waals surface area contributed by atoms with Gasteiger partial charge in [0, 0.05) is 5.56 Å². The number of benzene rings is 1. The molecule has 0 amide bonds. The highest BCUT2D eigenvalue weighted by molar-refractivity contribution is 5.20. The summed E-state index contributed by atoms with van der Waals surface area (Å²) in [6.45, 7) is 0. The zero-order chi connectivity index (χ0) is 10.8. The predicted octanol–water partition coefficient (Wildman–Crippen LogP) is 2.67. The van der Waals surface area contributed by atoms with Crippen molar-refractivity contribution < 1.29 is 13.9 Å². The van der Waals surface area contributed by atoms with Crippen LogP contribution in [0.3, 0.4) is 0 Å². The van der Waals surface area contributed by atoms with Gasteiger partial charge in [-0.05, 0) is 43.7 Å². The van der Waals surface area contributed by atoms with E-state index in [4.69, 9.17) is 0 Å². The molecule has 1 fully saturated rings. The zero-order valence-corrected chi connectivity index (χ0v) is 8.42. The maximum atomic E-state index is 13.3. The number of hydrogen-bond acceptors (Lipinski definition) is 1. The molecule has 0 heterocycles. The van der Waals surface area contributed by atoms with Crippen LogP contribution in [-0.4, -0.2) is 11.2 Å². The zero-order valence-electron chi connectivity index (χ0n) is 8.42. The molecule has 0 aliphatic heterocycles. The molecule has 1 aromatic rings. The third-order valence-electron chi connectivity index (χ3n) is 3.07. The highest BCUT2D eigenvalue weighted by Gasteiger charge is 2.24. The Morgan fingerprint density at radius 1 is 1.20 bits per heavy atom. The van der Waals surface area contributed by atoms with Gasteiger partial charge in [0.05, 0.1) is 6.10 Å². The van der Waals surface area contributed by atoms with Crippen LogP contribution in [0.1, 0.15) is 24.8 Å². The van der Waals surface area contributed by atoms with Crippen molar-refractivity contribution in [3.63, 3.8) is 0 Å². The first-order chi connectivity index (χ1) is 7.16. The van der Waals surface area contributed by atoms with E-state index in [-0.39, 0.29) is 17.6 Å². The largest absolute Gasteiger partial charge is 0.393 e. The minimum atomic E-state index is -0.476. The molecule has 0 spiro atoms. The van der Waals surface area contributed by atoms with Gasteiger partial charge in [0.2, 0.25) is 0 Å². The third kappa shape index (κ3) is 2.34. The van der Waals surface area contributed by atoms with Gasteiger partial charge in [-0.3, -0.25) is 0 Å². The third-order valence-corrected chi connectivity index (χ3v) is 3.07. The van der Waals surface area contributed by atoms with E-state index in [2.05, 4.69) is 0 Å². The topological polar surface area (TPSA) is 20.2 Å². The molecule has 3 heteroatoms. The van der Waals surface area contributed by atoms with Crippen LogP contribution in [0.15, 0.2) is 18.2 Å². The summed E-state index contributed by atoms with van der Waals surface area (Å²) in [6, 6.07) is 3.94. The predicted molar refractivity (Wildman–Crippen MR) is 53.4 cm³/mol. The Morgan fingerprint density at radius 2 is 1.87 bits per heavy atom. The van der Waals surface area contributed by atoms with Crippen molar-refractivity contribution in [2.24, 2.45) is 5.92 Å². The summed E-state index contributed by atoms with van der Waals surface area (Å²) in [6.07, 6.45) is 2.38. The van der Waals surface area contributed by atoms with E-state index >= 15 is 0 Å². The molecule has 0 aromatic heterocycles. The lowest BCUT2D eigenvalue weighted by Crippen LogP contribution is -2.06. The van der Waals surface area contributed by atoms with Crippen molar-refractivity contribution in [2.45, 2.75) is 31.8 Å². The Kier molecular flexibility index (Phi) is 3.00. The molecule has 0 radical (unpaired) electrons. The van der Waals surface area contributed by atoms with Gasteiger partial charge in [-0.1, -0.05) is 6.07 Å². The standard InChI is InChI=1S/C12H14F2O/c13-11-2-1-3-12(14)10(11)7-8-4-5-9(15)6-8/h1-3,8-9,15H,4-7H2. The molecule has 1 N–H and O–H groups in total. The molecule has 82 valence electrons. The number of rotatable bonds is 2. The molecule has 2 rings (SSSR count). The van der Waals surface area contributed by atoms with E-state index in [1.165, 1.54) is 18.2 Å². The van der Waals surface area contributed by atoms with Gasteiger partial charge in [-0.15, -0.1) is 0 Å². The fraction of sp³-hybridized carbons (Fsp3) is 0.500. The van der Waals surface area contributed by atoms with E-state index in [9.17, 15) is 13.9 Å². The maximum Gasteiger partial charge on any atom is 0.129 e. The summed E-state index contributed by atoms with van der Waals surface area (Å²) >= 11 is 0. The number of aliphatic hydroxyl groups excluding tert-OH is 1. The molecule has 1 nitrogen and oxygen atoms in total. The van der Waals surface area contributed by atoms with Crippen molar-refractivity contribution in [3.8, 4) is 0 Å². The Balaban J connectivity index is 2.10. The van der Waals surface area contributed by atoms with E-state index in [0.29, 0.717) is 12.8 Å². The second-order valence-electron chi connectivity index (χ2n) is 4.24. The Bertz CT molecular complexity index is 331. The molecule has 1 aliphatic rings. The second-order valence-corrected chi connectivity index (χ2v) is 4.24. The van der Waals surface area contributed by atoms with Gasteiger partial charge in [0.15, 0.2) is 0 Å². The Labute approximate surface area is 87.7 Å². The summed E-state index contributed by atoms with van der Waals surface area (Å²) in [4.78, 5) is 0. The highest BCUT2D eigenvalue weighted by atomic mass is 19.1. The number of aliphatic hydroxyl groups is 1. The van der Waals surface area contributed by atoms with Gasteiger partial charge < -0.3 is 5.11 Å². The molecule has 1 aliphatic carbocycles. The molecular weight excluding hydrogens is 198 g/mol. The van der Waals surface area contributed by atoms with Crippen LogP contribution < -0.4 is 0 Å². The minimum Gasteiger partial charge on any atom is -0.393 e. The summed E-state index contributed by atoms with van der Waals surface area (Å²) in [7, 11) is 0. The highest BCUT2D eigenvalue weighted by Crippen LogP contribution is 2.29. The molecule has 2 atom stereocenters. The van der Waals surface area contributed by atoms with E-state index in [1.807, 2.05) is 0 Å². The van der Waals surface area contributed by atoms with Crippen LogP contribution in [0.2, 0.25) is 0 Å². The van der Waals surface area contributed by atoms with Gasteiger partial charge in [0.25, 0.3) is 0 Å². The normalized spacial score (nSPS) is 25.8. The first-order valence-electron chi connectivity index (χ1n) is 5.27. The van der Waals surface area contributed by atoms with Crippen molar-refractivity contribution in [2.75, 3.05) is 0 Å².